The van der Waals surface area contributed by atoms with E-state index in [9.17, 15) is 9.59 Å². The highest BCUT2D eigenvalue weighted by molar-refractivity contribution is 7.98. The van der Waals surface area contributed by atoms with Crippen LogP contribution < -0.4 is 15.5 Å². The molecule has 1 aromatic heterocycles. The first-order chi connectivity index (χ1) is 11.1. The lowest BCUT2D eigenvalue weighted by molar-refractivity contribution is -0.116. The predicted molar refractivity (Wildman–Crippen MR) is 92.3 cm³/mol. The average molecular weight is 328 g/mol. The third kappa shape index (κ3) is 3.00. The fourth-order valence-corrected chi connectivity index (χ4v) is 2.88. The normalized spacial score (nSPS) is 13.3. The summed E-state index contributed by atoms with van der Waals surface area (Å²) in [6, 6.07) is 9.27. The van der Waals surface area contributed by atoms with Crippen LogP contribution in [0.15, 0.2) is 41.4 Å². The van der Waals surface area contributed by atoms with Crippen LogP contribution in [0.25, 0.3) is 0 Å². The number of amides is 2. The zero-order valence-corrected chi connectivity index (χ0v) is 13.6. The SMILES string of the molecule is CSc1ccccc1NC(=O)c1cnc2c(c1)N(C)C(=O)CN2. The molecule has 2 N–H and O–H groups in total. The second kappa shape index (κ2) is 6.29. The average Bonchev–Trinajstić information content (AvgIpc) is 2.58. The lowest BCUT2D eigenvalue weighted by atomic mass is 10.2. The Kier molecular flexibility index (Phi) is 4.20. The molecule has 6 nitrogen and oxygen atoms in total. The van der Waals surface area contributed by atoms with E-state index < -0.39 is 0 Å². The summed E-state index contributed by atoms with van der Waals surface area (Å²) in [5.74, 6) is 0.283. The molecule has 23 heavy (non-hydrogen) atoms. The Morgan fingerprint density at radius 3 is 2.96 bits per heavy atom. The van der Waals surface area contributed by atoms with Crippen molar-refractivity contribution < 1.29 is 9.59 Å². The van der Waals surface area contributed by atoms with Crippen molar-refractivity contribution in [2.24, 2.45) is 0 Å². The van der Waals surface area contributed by atoms with Gasteiger partial charge in [0.1, 0.15) is 5.82 Å². The number of thioether (sulfide) groups is 1. The number of hydrogen-bond donors (Lipinski definition) is 2. The number of anilines is 3. The molecule has 0 fully saturated rings. The zero-order chi connectivity index (χ0) is 16.4. The number of fused-ring (bicyclic) bond motifs is 1. The highest BCUT2D eigenvalue weighted by Gasteiger charge is 2.23. The molecule has 1 aliphatic heterocycles. The number of pyridine rings is 1. The number of nitrogens with zero attached hydrogens (tertiary/aromatic N) is 2. The lowest BCUT2D eigenvalue weighted by Gasteiger charge is -2.26. The van der Waals surface area contributed by atoms with E-state index >= 15 is 0 Å². The van der Waals surface area contributed by atoms with Crippen LogP contribution in [-0.2, 0) is 4.79 Å². The van der Waals surface area contributed by atoms with Gasteiger partial charge in [0.2, 0.25) is 5.91 Å². The minimum Gasteiger partial charge on any atom is -0.359 e. The van der Waals surface area contributed by atoms with Crippen molar-refractivity contribution in [1.29, 1.82) is 0 Å². The first kappa shape index (κ1) is 15.4. The van der Waals surface area contributed by atoms with Gasteiger partial charge in [0.25, 0.3) is 5.91 Å². The molecule has 0 bridgehead atoms. The van der Waals surface area contributed by atoms with Gasteiger partial charge in [0.05, 0.1) is 23.5 Å². The first-order valence-corrected chi connectivity index (χ1v) is 8.27. The van der Waals surface area contributed by atoms with Gasteiger partial charge in [-0.1, -0.05) is 12.1 Å². The van der Waals surface area contributed by atoms with Gasteiger partial charge < -0.3 is 15.5 Å². The summed E-state index contributed by atoms with van der Waals surface area (Å²) in [7, 11) is 1.67. The lowest BCUT2D eigenvalue weighted by Crippen LogP contribution is -2.37. The maximum atomic E-state index is 12.5. The van der Waals surface area contributed by atoms with E-state index in [-0.39, 0.29) is 18.4 Å². The van der Waals surface area contributed by atoms with Gasteiger partial charge in [-0.3, -0.25) is 9.59 Å². The van der Waals surface area contributed by atoms with E-state index in [1.165, 1.54) is 11.1 Å². The minimum absolute atomic E-state index is 0.0652. The molecular formula is C16H16N4O2S. The number of hydrogen-bond acceptors (Lipinski definition) is 5. The van der Waals surface area contributed by atoms with Crippen LogP contribution in [0.4, 0.5) is 17.2 Å². The molecule has 1 aliphatic rings. The minimum atomic E-state index is -0.256. The van der Waals surface area contributed by atoms with Crippen LogP contribution in [0, 0.1) is 0 Å². The zero-order valence-electron chi connectivity index (χ0n) is 12.8. The molecule has 0 radical (unpaired) electrons. The third-order valence-corrected chi connectivity index (χ3v) is 4.42. The van der Waals surface area contributed by atoms with E-state index in [0.29, 0.717) is 17.1 Å². The molecule has 2 aromatic rings. The summed E-state index contributed by atoms with van der Waals surface area (Å²) in [6.07, 6.45) is 3.46. The van der Waals surface area contributed by atoms with Gasteiger partial charge in [-0.15, -0.1) is 11.8 Å². The highest BCUT2D eigenvalue weighted by Crippen LogP contribution is 2.28. The molecule has 0 saturated heterocycles. The molecule has 0 aliphatic carbocycles. The number of rotatable bonds is 3. The number of nitrogens with one attached hydrogen (secondary N) is 2. The topological polar surface area (TPSA) is 74.3 Å². The number of likely N-dealkylation sites (N-methyl/N-ethyl adjacent to an activating group) is 1. The second-order valence-electron chi connectivity index (χ2n) is 5.05. The molecule has 118 valence electrons. The van der Waals surface area contributed by atoms with Crippen molar-refractivity contribution in [3.63, 3.8) is 0 Å². The van der Waals surface area contributed by atoms with Gasteiger partial charge in [-0.25, -0.2) is 4.98 Å². The molecule has 2 heterocycles. The Morgan fingerprint density at radius 2 is 2.17 bits per heavy atom. The maximum absolute atomic E-state index is 12.5. The van der Waals surface area contributed by atoms with Crippen LogP contribution in [0.2, 0.25) is 0 Å². The van der Waals surface area contributed by atoms with Gasteiger partial charge in [-0.05, 0) is 24.5 Å². The van der Waals surface area contributed by atoms with Crippen LogP contribution in [0.1, 0.15) is 10.4 Å². The van der Waals surface area contributed by atoms with Crippen molar-refractivity contribution >= 4 is 40.8 Å². The van der Waals surface area contributed by atoms with Crippen molar-refractivity contribution in [2.45, 2.75) is 4.90 Å². The molecule has 0 spiro atoms. The highest BCUT2D eigenvalue weighted by atomic mass is 32.2. The van der Waals surface area contributed by atoms with Gasteiger partial charge in [0, 0.05) is 18.1 Å². The van der Waals surface area contributed by atoms with Gasteiger partial charge >= 0.3 is 0 Å². The number of benzene rings is 1. The Hall–Kier alpha value is -2.54. The Morgan fingerprint density at radius 1 is 1.39 bits per heavy atom. The van der Waals surface area contributed by atoms with Crippen LogP contribution in [0.5, 0.6) is 0 Å². The molecular weight excluding hydrogens is 312 g/mol. The number of para-hydroxylation sites is 1. The number of aromatic nitrogens is 1. The standard InChI is InChI=1S/C16H16N4O2S/c1-20-12-7-10(8-17-15(12)18-9-14(20)21)16(22)19-11-5-3-4-6-13(11)23-2/h3-8H,9H2,1-2H3,(H,17,18)(H,19,22). The smallest absolute Gasteiger partial charge is 0.257 e. The fraction of sp³-hybridized carbons (Fsp3) is 0.188. The molecule has 1 aromatic carbocycles. The Balaban J connectivity index is 1.87. The fourth-order valence-electron chi connectivity index (χ4n) is 2.32. The van der Waals surface area contributed by atoms with Crippen LogP contribution >= 0.6 is 11.8 Å². The third-order valence-electron chi connectivity index (χ3n) is 3.63. The largest absolute Gasteiger partial charge is 0.359 e. The summed E-state index contributed by atoms with van der Waals surface area (Å²) >= 11 is 1.56. The molecule has 3 rings (SSSR count). The number of carbonyl (C=O) groups excluding carboxylic acids is 2. The molecule has 0 saturated carbocycles. The summed E-state index contributed by atoms with van der Waals surface area (Å²) in [4.78, 5) is 30.9. The summed E-state index contributed by atoms with van der Waals surface area (Å²) in [6.45, 7) is 0.211. The van der Waals surface area contributed by atoms with Crippen molar-refractivity contribution in [1.82, 2.24) is 4.98 Å². The molecule has 2 amide bonds. The monoisotopic (exact) mass is 328 g/mol. The quantitative estimate of drug-likeness (QED) is 0.847. The van der Waals surface area contributed by atoms with E-state index in [2.05, 4.69) is 15.6 Å². The number of carbonyl (C=O) groups is 2. The second-order valence-corrected chi connectivity index (χ2v) is 5.90. The molecule has 0 atom stereocenters. The van der Waals surface area contributed by atoms with Crippen LogP contribution in [-0.4, -0.2) is 36.6 Å². The molecule has 7 heteroatoms. The van der Waals surface area contributed by atoms with E-state index in [1.54, 1.807) is 24.9 Å². The summed E-state index contributed by atoms with van der Waals surface area (Å²) in [5, 5.41) is 5.83. The first-order valence-electron chi connectivity index (χ1n) is 7.05. The van der Waals surface area contributed by atoms with Gasteiger partial charge in [0.15, 0.2) is 0 Å². The summed E-state index contributed by atoms with van der Waals surface area (Å²) < 4.78 is 0. The van der Waals surface area contributed by atoms with Crippen molar-refractivity contribution in [3.05, 3.63) is 42.1 Å². The van der Waals surface area contributed by atoms with E-state index in [0.717, 1.165) is 10.6 Å². The van der Waals surface area contributed by atoms with E-state index in [1.807, 2.05) is 30.5 Å². The van der Waals surface area contributed by atoms with Crippen molar-refractivity contribution in [2.75, 3.05) is 35.4 Å². The molecule has 0 unspecified atom stereocenters. The van der Waals surface area contributed by atoms with E-state index in [4.69, 9.17) is 0 Å². The van der Waals surface area contributed by atoms with Crippen LogP contribution in [0.3, 0.4) is 0 Å². The Bertz CT molecular complexity index is 778. The Labute approximate surface area is 138 Å². The van der Waals surface area contributed by atoms with Gasteiger partial charge in [-0.2, -0.15) is 0 Å². The predicted octanol–water partition coefficient (Wildman–Crippen LogP) is 2.44. The van der Waals surface area contributed by atoms with Crippen molar-refractivity contribution in [3.8, 4) is 0 Å². The maximum Gasteiger partial charge on any atom is 0.257 e. The summed E-state index contributed by atoms with van der Waals surface area (Å²) in [5.41, 5.74) is 1.76.